The van der Waals surface area contributed by atoms with Crippen molar-refractivity contribution in [3.05, 3.63) is 104 Å². The van der Waals surface area contributed by atoms with E-state index in [1.54, 1.807) is 0 Å². The van der Waals surface area contributed by atoms with Crippen molar-refractivity contribution >= 4 is 34.7 Å². The number of aromatic nitrogens is 1. The molecule has 38 heavy (non-hydrogen) atoms. The van der Waals surface area contributed by atoms with E-state index in [0.717, 1.165) is 54.9 Å². The Kier molecular flexibility index (Phi) is 6.18. The number of benzene rings is 1. The summed E-state index contributed by atoms with van der Waals surface area (Å²) in [6.45, 7) is 13.5. The minimum Gasteiger partial charge on any atom is -0.355 e. The Hall–Kier alpha value is -3.72. The van der Waals surface area contributed by atoms with Crippen LogP contribution in [0.2, 0.25) is 0 Å². The number of nitrogens with zero attached hydrogens (tertiary/aromatic N) is 2. The monoisotopic (exact) mass is 499 g/mol. The average molecular weight is 500 g/mol. The molecule has 0 atom stereocenters. The summed E-state index contributed by atoms with van der Waals surface area (Å²) in [4.78, 5) is 14.2. The van der Waals surface area contributed by atoms with E-state index in [1.165, 1.54) is 67.1 Å². The molecular formula is C35H37N3. The fourth-order valence-electron chi connectivity index (χ4n) is 6.64. The largest absolute Gasteiger partial charge is 0.355 e. The van der Waals surface area contributed by atoms with Crippen LogP contribution in [0.25, 0.3) is 23.3 Å². The van der Waals surface area contributed by atoms with Gasteiger partial charge in [-0.2, -0.15) is 0 Å². The van der Waals surface area contributed by atoms with E-state index in [0.29, 0.717) is 0 Å². The molecule has 1 aromatic carbocycles. The van der Waals surface area contributed by atoms with Gasteiger partial charge in [-0.15, -0.1) is 0 Å². The van der Waals surface area contributed by atoms with Crippen LogP contribution >= 0.6 is 0 Å². The summed E-state index contributed by atoms with van der Waals surface area (Å²) in [5.74, 6) is 0. The Morgan fingerprint density at radius 2 is 1.08 bits per heavy atom. The molecule has 0 radical (unpaired) electrons. The second kappa shape index (κ2) is 9.54. The molecule has 1 N–H and O–H groups in total. The Morgan fingerprint density at radius 1 is 0.632 bits per heavy atom. The number of aliphatic imine (C=N–C) groups is 2. The van der Waals surface area contributed by atoms with Crippen LogP contribution in [0.5, 0.6) is 0 Å². The molecule has 192 valence electrons. The molecule has 1 aromatic heterocycles. The molecule has 0 fully saturated rings. The number of H-pyrrole nitrogens is 1. The maximum Gasteiger partial charge on any atom is 0.0693 e. The summed E-state index contributed by atoms with van der Waals surface area (Å²) < 4.78 is 0. The average Bonchev–Trinajstić information content (AvgIpc) is 3.61. The summed E-state index contributed by atoms with van der Waals surface area (Å²) in [6, 6.07) is 8.80. The van der Waals surface area contributed by atoms with Crippen molar-refractivity contribution in [2.24, 2.45) is 9.98 Å². The highest BCUT2D eigenvalue weighted by atomic mass is 14.8. The molecular weight excluding hydrogens is 462 g/mol. The smallest absolute Gasteiger partial charge is 0.0693 e. The van der Waals surface area contributed by atoms with Gasteiger partial charge in [0, 0.05) is 11.4 Å². The van der Waals surface area contributed by atoms with E-state index in [-0.39, 0.29) is 0 Å². The molecule has 2 aromatic rings. The van der Waals surface area contributed by atoms with Gasteiger partial charge in [-0.3, -0.25) is 0 Å². The van der Waals surface area contributed by atoms with Gasteiger partial charge in [0.1, 0.15) is 0 Å². The van der Waals surface area contributed by atoms with Gasteiger partial charge in [0.15, 0.2) is 0 Å². The highest BCUT2D eigenvalue weighted by molar-refractivity contribution is 6.19. The van der Waals surface area contributed by atoms with Crippen LogP contribution in [0.3, 0.4) is 0 Å². The third-order valence-corrected chi connectivity index (χ3v) is 8.66. The molecule has 0 unspecified atom stereocenters. The quantitative estimate of drug-likeness (QED) is 0.436. The lowest BCUT2D eigenvalue weighted by molar-refractivity contribution is 1.05. The van der Waals surface area contributed by atoms with Crippen molar-refractivity contribution in [3.63, 3.8) is 0 Å². The van der Waals surface area contributed by atoms with Gasteiger partial charge < -0.3 is 4.98 Å². The van der Waals surface area contributed by atoms with Crippen LogP contribution in [0.4, 0.5) is 0 Å². The number of rotatable bonds is 4. The van der Waals surface area contributed by atoms with Gasteiger partial charge in [0.2, 0.25) is 0 Å². The molecule has 4 aliphatic rings. The van der Waals surface area contributed by atoms with Crippen molar-refractivity contribution < 1.29 is 0 Å². The normalized spacial score (nSPS) is 18.3. The minimum absolute atomic E-state index is 0.900. The predicted octanol–water partition coefficient (Wildman–Crippen LogP) is 9.07. The minimum atomic E-state index is 0.900. The van der Waals surface area contributed by atoms with Gasteiger partial charge in [-0.05, 0) is 126 Å². The summed E-state index contributed by atoms with van der Waals surface area (Å²) in [6.07, 6.45) is 14.1. The molecule has 0 spiro atoms. The number of hydrogen-bond donors (Lipinski definition) is 1. The first-order chi connectivity index (χ1) is 18.5. The molecule has 0 amide bonds. The Labute approximate surface area is 226 Å². The van der Waals surface area contributed by atoms with Crippen LogP contribution in [-0.4, -0.2) is 16.4 Å². The SMILES string of the molecule is CCC1=C(C)C2=NC1=Cc1[nH]c(c(CC)c1CC)C=C1N=C(C=C3CC(=C2)c2ccccc23)C(C)=C1CC. The van der Waals surface area contributed by atoms with Crippen molar-refractivity contribution in [2.45, 2.75) is 73.6 Å². The van der Waals surface area contributed by atoms with E-state index in [2.05, 4.69) is 95.1 Å². The summed E-state index contributed by atoms with van der Waals surface area (Å²) in [5.41, 5.74) is 20.1. The molecule has 0 saturated carbocycles. The van der Waals surface area contributed by atoms with Crippen molar-refractivity contribution in [2.75, 3.05) is 0 Å². The van der Waals surface area contributed by atoms with E-state index in [9.17, 15) is 0 Å². The van der Waals surface area contributed by atoms with Crippen LogP contribution in [0, 0.1) is 0 Å². The molecule has 6 rings (SSSR count). The number of fused-ring (bicyclic) bond motifs is 9. The van der Waals surface area contributed by atoms with E-state index in [1.807, 2.05) is 0 Å². The fraction of sp³-hybridized carbons (Fsp3) is 0.314. The molecule has 4 heterocycles. The van der Waals surface area contributed by atoms with Gasteiger partial charge in [-0.25, -0.2) is 9.98 Å². The highest BCUT2D eigenvalue weighted by Crippen LogP contribution is 2.43. The van der Waals surface area contributed by atoms with Gasteiger partial charge in [0.05, 0.1) is 22.8 Å². The Balaban J connectivity index is 1.67. The Morgan fingerprint density at radius 3 is 1.47 bits per heavy atom. The first kappa shape index (κ1) is 24.6. The maximum absolute atomic E-state index is 5.22. The standard InChI is InChI=1S/C35H37N3/c1-7-24-20(5)30-16-22-15-23(29-14-12-11-13-28(22)29)17-31-21(6)25(8-2)33(37-31)19-35-27(10-4)26(9-3)34(38-35)18-32(24)36-30/h11-14,16-19,38H,7-10,15H2,1-6H3. The summed E-state index contributed by atoms with van der Waals surface area (Å²) in [5, 5.41) is 0. The van der Waals surface area contributed by atoms with Crippen LogP contribution < -0.4 is 0 Å². The number of aromatic amines is 1. The molecule has 3 heteroatoms. The summed E-state index contributed by atoms with van der Waals surface area (Å²) >= 11 is 0. The van der Waals surface area contributed by atoms with Crippen LogP contribution in [0.1, 0.15) is 94.4 Å². The topological polar surface area (TPSA) is 40.5 Å². The highest BCUT2D eigenvalue weighted by Gasteiger charge is 2.27. The predicted molar refractivity (Wildman–Crippen MR) is 163 cm³/mol. The zero-order chi connectivity index (χ0) is 26.6. The number of allylic oxidation sites excluding steroid dienone is 8. The first-order valence-corrected chi connectivity index (χ1v) is 14.2. The van der Waals surface area contributed by atoms with Crippen LogP contribution in [-0.2, 0) is 12.8 Å². The third-order valence-electron chi connectivity index (χ3n) is 8.66. The van der Waals surface area contributed by atoms with Gasteiger partial charge in [-0.1, -0.05) is 52.0 Å². The lowest BCUT2D eigenvalue weighted by atomic mass is 9.98. The Bertz CT molecular complexity index is 1500. The van der Waals surface area contributed by atoms with Gasteiger partial charge in [0.25, 0.3) is 0 Å². The third kappa shape index (κ3) is 3.79. The number of nitrogens with one attached hydrogen (secondary N) is 1. The molecule has 1 aliphatic carbocycles. The van der Waals surface area contributed by atoms with E-state index in [4.69, 9.17) is 9.98 Å². The van der Waals surface area contributed by atoms with Crippen molar-refractivity contribution in [3.8, 4) is 0 Å². The van der Waals surface area contributed by atoms with Crippen LogP contribution in [0.15, 0.2) is 80.1 Å². The van der Waals surface area contributed by atoms with E-state index >= 15 is 0 Å². The van der Waals surface area contributed by atoms with E-state index < -0.39 is 0 Å². The maximum atomic E-state index is 5.22. The lowest BCUT2D eigenvalue weighted by Crippen LogP contribution is -1.95. The second-order valence-electron chi connectivity index (χ2n) is 10.6. The molecule has 3 nitrogen and oxygen atoms in total. The second-order valence-corrected chi connectivity index (χ2v) is 10.6. The van der Waals surface area contributed by atoms with Crippen molar-refractivity contribution in [1.82, 2.24) is 4.98 Å². The lowest BCUT2D eigenvalue weighted by Gasteiger charge is -2.04. The molecule has 8 bridgehead atoms. The zero-order valence-corrected chi connectivity index (χ0v) is 23.5. The molecule has 3 aliphatic heterocycles. The summed E-state index contributed by atoms with van der Waals surface area (Å²) in [7, 11) is 0. The number of hydrogen-bond acceptors (Lipinski definition) is 2. The molecule has 0 saturated heterocycles. The van der Waals surface area contributed by atoms with Gasteiger partial charge >= 0.3 is 0 Å². The van der Waals surface area contributed by atoms with Crippen molar-refractivity contribution in [1.29, 1.82) is 0 Å². The zero-order valence-electron chi connectivity index (χ0n) is 23.5. The fourth-order valence-corrected chi connectivity index (χ4v) is 6.64. The first-order valence-electron chi connectivity index (χ1n) is 14.2.